The van der Waals surface area contributed by atoms with Gasteiger partial charge in [-0.15, -0.1) is 0 Å². The standard InChI is InChI=1S/C12H15BrFN/c1-8-2-3-11(14)10(12(8)13)6-9-4-5-15-7-9/h2-3,9,15H,4-7H2,1H3. The summed E-state index contributed by atoms with van der Waals surface area (Å²) >= 11 is 3.48. The van der Waals surface area contributed by atoms with Crippen LogP contribution in [0.3, 0.4) is 0 Å². The third-order valence-corrected chi connectivity index (χ3v) is 4.14. The van der Waals surface area contributed by atoms with Crippen LogP contribution in [0.4, 0.5) is 4.39 Å². The highest BCUT2D eigenvalue weighted by molar-refractivity contribution is 9.10. The first-order valence-electron chi connectivity index (χ1n) is 5.32. The molecule has 1 aromatic rings. The molecule has 15 heavy (non-hydrogen) atoms. The summed E-state index contributed by atoms with van der Waals surface area (Å²) in [6.45, 7) is 4.08. The lowest BCUT2D eigenvalue weighted by Gasteiger charge is -2.12. The summed E-state index contributed by atoms with van der Waals surface area (Å²) in [5.74, 6) is 0.497. The number of hydrogen-bond donors (Lipinski definition) is 1. The summed E-state index contributed by atoms with van der Waals surface area (Å²) in [5, 5.41) is 3.31. The number of benzene rings is 1. The van der Waals surface area contributed by atoms with Crippen LogP contribution >= 0.6 is 15.9 Å². The SMILES string of the molecule is Cc1ccc(F)c(CC2CCNC2)c1Br. The van der Waals surface area contributed by atoms with E-state index < -0.39 is 0 Å². The van der Waals surface area contributed by atoms with Crippen LogP contribution in [-0.2, 0) is 6.42 Å². The largest absolute Gasteiger partial charge is 0.316 e. The van der Waals surface area contributed by atoms with Gasteiger partial charge in [0.2, 0.25) is 0 Å². The van der Waals surface area contributed by atoms with Crippen molar-refractivity contribution in [2.75, 3.05) is 13.1 Å². The smallest absolute Gasteiger partial charge is 0.127 e. The van der Waals surface area contributed by atoms with Crippen molar-refractivity contribution in [1.82, 2.24) is 5.32 Å². The van der Waals surface area contributed by atoms with Gasteiger partial charge < -0.3 is 5.32 Å². The van der Waals surface area contributed by atoms with E-state index in [4.69, 9.17) is 0 Å². The number of halogens is 2. The highest BCUT2D eigenvalue weighted by atomic mass is 79.9. The first-order valence-corrected chi connectivity index (χ1v) is 6.12. The second-order valence-electron chi connectivity index (χ2n) is 4.22. The number of aryl methyl sites for hydroxylation is 1. The molecular weight excluding hydrogens is 257 g/mol. The Labute approximate surface area is 98.2 Å². The first kappa shape index (κ1) is 11.1. The molecule has 1 saturated heterocycles. The molecule has 1 aromatic carbocycles. The Bertz CT molecular complexity index is 359. The zero-order valence-corrected chi connectivity index (χ0v) is 10.4. The van der Waals surface area contributed by atoms with Gasteiger partial charge in [0.25, 0.3) is 0 Å². The lowest BCUT2D eigenvalue weighted by atomic mass is 9.97. The van der Waals surface area contributed by atoms with Gasteiger partial charge in [-0.05, 0) is 50.4 Å². The van der Waals surface area contributed by atoms with Crippen LogP contribution in [0.5, 0.6) is 0 Å². The topological polar surface area (TPSA) is 12.0 Å². The Hall–Kier alpha value is -0.410. The van der Waals surface area contributed by atoms with E-state index >= 15 is 0 Å². The average Bonchev–Trinajstić information content (AvgIpc) is 2.71. The average molecular weight is 272 g/mol. The molecule has 1 aliphatic heterocycles. The fourth-order valence-corrected chi connectivity index (χ4v) is 2.56. The quantitative estimate of drug-likeness (QED) is 0.872. The third-order valence-electron chi connectivity index (χ3n) is 3.03. The second kappa shape index (κ2) is 4.62. The van der Waals surface area contributed by atoms with Crippen LogP contribution in [0.15, 0.2) is 16.6 Å². The van der Waals surface area contributed by atoms with E-state index in [1.165, 1.54) is 0 Å². The van der Waals surface area contributed by atoms with E-state index in [-0.39, 0.29) is 5.82 Å². The van der Waals surface area contributed by atoms with Gasteiger partial charge in [-0.3, -0.25) is 0 Å². The van der Waals surface area contributed by atoms with Crippen molar-refractivity contribution in [2.45, 2.75) is 19.8 Å². The van der Waals surface area contributed by atoms with Crippen molar-refractivity contribution in [3.8, 4) is 0 Å². The summed E-state index contributed by atoms with van der Waals surface area (Å²) in [7, 11) is 0. The van der Waals surface area contributed by atoms with Gasteiger partial charge in [0, 0.05) is 10.0 Å². The molecule has 0 aliphatic carbocycles. The lowest BCUT2D eigenvalue weighted by Crippen LogP contribution is -2.12. The van der Waals surface area contributed by atoms with Gasteiger partial charge in [-0.2, -0.15) is 0 Å². The van der Waals surface area contributed by atoms with Crippen LogP contribution in [0.1, 0.15) is 17.5 Å². The predicted octanol–water partition coefficient (Wildman–Crippen LogP) is 3.05. The molecule has 0 saturated carbocycles. The molecule has 1 aliphatic rings. The van der Waals surface area contributed by atoms with Crippen molar-refractivity contribution < 1.29 is 4.39 Å². The maximum Gasteiger partial charge on any atom is 0.127 e. The summed E-state index contributed by atoms with van der Waals surface area (Å²) in [6.07, 6.45) is 1.99. The van der Waals surface area contributed by atoms with Gasteiger partial charge in [0.05, 0.1) is 0 Å². The third kappa shape index (κ3) is 2.40. The zero-order chi connectivity index (χ0) is 10.8. The van der Waals surface area contributed by atoms with Crippen molar-refractivity contribution in [1.29, 1.82) is 0 Å². The van der Waals surface area contributed by atoms with Crippen LogP contribution < -0.4 is 5.32 Å². The van der Waals surface area contributed by atoms with Gasteiger partial charge in [-0.1, -0.05) is 22.0 Å². The Morgan fingerprint density at radius 1 is 1.53 bits per heavy atom. The highest BCUT2D eigenvalue weighted by Gasteiger charge is 2.18. The fourth-order valence-electron chi connectivity index (χ4n) is 2.08. The Kier molecular flexibility index (Phi) is 3.42. The molecule has 1 heterocycles. The molecule has 1 fully saturated rings. The minimum Gasteiger partial charge on any atom is -0.316 e. The predicted molar refractivity (Wildman–Crippen MR) is 63.5 cm³/mol. The monoisotopic (exact) mass is 271 g/mol. The van der Waals surface area contributed by atoms with Crippen LogP contribution in [-0.4, -0.2) is 13.1 Å². The molecule has 0 spiro atoms. The molecule has 2 rings (SSSR count). The van der Waals surface area contributed by atoms with Crippen molar-refractivity contribution in [3.05, 3.63) is 33.5 Å². The fraction of sp³-hybridized carbons (Fsp3) is 0.500. The summed E-state index contributed by atoms with van der Waals surface area (Å²) in [4.78, 5) is 0. The molecule has 0 bridgehead atoms. The molecule has 0 aromatic heterocycles. The van der Waals surface area contributed by atoms with Crippen molar-refractivity contribution in [2.24, 2.45) is 5.92 Å². The summed E-state index contributed by atoms with van der Waals surface area (Å²) in [6, 6.07) is 3.38. The Balaban J connectivity index is 2.22. The first-order chi connectivity index (χ1) is 7.18. The van der Waals surface area contributed by atoms with E-state index in [1.54, 1.807) is 6.07 Å². The summed E-state index contributed by atoms with van der Waals surface area (Å²) in [5.41, 5.74) is 1.95. The van der Waals surface area contributed by atoms with E-state index in [0.29, 0.717) is 5.92 Å². The van der Waals surface area contributed by atoms with Gasteiger partial charge in [0.1, 0.15) is 5.82 Å². The molecule has 0 radical (unpaired) electrons. The van der Waals surface area contributed by atoms with Crippen LogP contribution in [0.25, 0.3) is 0 Å². The van der Waals surface area contributed by atoms with E-state index in [9.17, 15) is 4.39 Å². The Morgan fingerprint density at radius 2 is 2.33 bits per heavy atom. The number of rotatable bonds is 2. The van der Waals surface area contributed by atoms with Crippen LogP contribution in [0, 0.1) is 18.7 Å². The number of hydrogen-bond acceptors (Lipinski definition) is 1. The van der Waals surface area contributed by atoms with E-state index in [0.717, 1.165) is 41.5 Å². The molecule has 1 N–H and O–H groups in total. The molecule has 0 amide bonds. The minimum atomic E-state index is -0.0839. The maximum absolute atomic E-state index is 13.6. The van der Waals surface area contributed by atoms with E-state index in [2.05, 4.69) is 21.2 Å². The van der Waals surface area contributed by atoms with Crippen molar-refractivity contribution >= 4 is 15.9 Å². The minimum absolute atomic E-state index is 0.0839. The Morgan fingerprint density at radius 3 is 3.00 bits per heavy atom. The summed E-state index contributed by atoms with van der Waals surface area (Å²) < 4.78 is 14.6. The highest BCUT2D eigenvalue weighted by Crippen LogP contribution is 2.27. The number of nitrogens with one attached hydrogen (secondary N) is 1. The molecule has 1 unspecified atom stereocenters. The van der Waals surface area contributed by atoms with Gasteiger partial charge in [0.15, 0.2) is 0 Å². The normalized spacial score (nSPS) is 20.9. The molecule has 82 valence electrons. The lowest BCUT2D eigenvalue weighted by molar-refractivity contribution is 0.541. The van der Waals surface area contributed by atoms with Gasteiger partial charge >= 0.3 is 0 Å². The zero-order valence-electron chi connectivity index (χ0n) is 8.82. The molecule has 1 nitrogen and oxygen atoms in total. The molecule has 1 atom stereocenters. The van der Waals surface area contributed by atoms with Gasteiger partial charge in [-0.25, -0.2) is 4.39 Å². The maximum atomic E-state index is 13.6. The van der Waals surface area contributed by atoms with Crippen molar-refractivity contribution in [3.63, 3.8) is 0 Å². The second-order valence-corrected chi connectivity index (χ2v) is 5.01. The molecular formula is C12H15BrFN. The molecule has 3 heteroatoms. The van der Waals surface area contributed by atoms with Crippen LogP contribution in [0.2, 0.25) is 0 Å². The van der Waals surface area contributed by atoms with E-state index in [1.807, 2.05) is 13.0 Å².